The van der Waals surface area contributed by atoms with Gasteiger partial charge >= 0.3 is 0 Å². The third-order valence-electron chi connectivity index (χ3n) is 5.03. The number of nitrogens with zero attached hydrogens (tertiary/aromatic N) is 1. The molecule has 5 heteroatoms. The fourth-order valence-corrected chi connectivity index (χ4v) is 3.60. The molecule has 0 atom stereocenters. The SMILES string of the molecule is Cl.O=C(NC1CCN(Cc2c[nH]c3ccccc23)CC1)c1ccccc1. The van der Waals surface area contributed by atoms with Crippen LogP contribution in [0, 0.1) is 0 Å². The molecule has 2 aromatic carbocycles. The van der Waals surface area contributed by atoms with E-state index in [1.165, 1.54) is 16.5 Å². The van der Waals surface area contributed by atoms with Gasteiger partial charge in [0.15, 0.2) is 0 Å². The Morgan fingerprint density at radius 1 is 1.04 bits per heavy atom. The summed E-state index contributed by atoms with van der Waals surface area (Å²) in [5, 5.41) is 4.48. The predicted octanol–water partition coefficient (Wildman–Crippen LogP) is 3.98. The van der Waals surface area contributed by atoms with Gasteiger partial charge in [0.05, 0.1) is 0 Å². The highest BCUT2D eigenvalue weighted by molar-refractivity contribution is 5.94. The molecular formula is C21H24ClN3O. The van der Waals surface area contributed by atoms with Crippen molar-refractivity contribution < 1.29 is 4.79 Å². The van der Waals surface area contributed by atoms with Gasteiger partial charge in [0.2, 0.25) is 0 Å². The van der Waals surface area contributed by atoms with Crippen LogP contribution in [0.3, 0.4) is 0 Å². The van der Waals surface area contributed by atoms with E-state index in [-0.39, 0.29) is 24.4 Å². The Bertz CT molecular complexity index is 854. The van der Waals surface area contributed by atoms with Gasteiger partial charge in [0, 0.05) is 48.3 Å². The first-order valence-corrected chi connectivity index (χ1v) is 8.93. The van der Waals surface area contributed by atoms with Crippen molar-refractivity contribution in [1.82, 2.24) is 15.2 Å². The van der Waals surface area contributed by atoms with Gasteiger partial charge in [-0.15, -0.1) is 12.4 Å². The summed E-state index contributed by atoms with van der Waals surface area (Å²) in [6.45, 7) is 2.99. The molecule has 3 aromatic rings. The molecule has 2 heterocycles. The Hall–Kier alpha value is -2.30. The van der Waals surface area contributed by atoms with Crippen LogP contribution in [0.1, 0.15) is 28.8 Å². The fraction of sp³-hybridized carbons (Fsp3) is 0.286. The Morgan fingerprint density at radius 3 is 2.50 bits per heavy atom. The number of hydrogen-bond acceptors (Lipinski definition) is 2. The average Bonchev–Trinajstić information content (AvgIpc) is 3.07. The lowest BCUT2D eigenvalue weighted by atomic mass is 10.0. The van der Waals surface area contributed by atoms with E-state index in [4.69, 9.17) is 0 Å². The molecule has 1 saturated heterocycles. The number of amides is 1. The third kappa shape index (κ3) is 4.09. The minimum Gasteiger partial charge on any atom is -0.361 e. The lowest BCUT2D eigenvalue weighted by Gasteiger charge is -2.32. The number of piperidine rings is 1. The lowest BCUT2D eigenvalue weighted by molar-refractivity contribution is 0.0909. The first kappa shape index (κ1) is 18.5. The van der Waals surface area contributed by atoms with Crippen molar-refractivity contribution in [1.29, 1.82) is 0 Å². The summed E-state index contributed by atoms with van der Waals surface area (Å²) in [6, 6.07) is 18.2. The first-order chi connectivity index (χ1) is 12.3. The van der Waals surface area contributed by atoms with E-state index in [0.717, 1.165) is 38.0 Å². The Labute approximate surface area is 160 Å². The Morgan fingerprint density at radius 2 is 1.73 bits per heavy atom. The number of aromatic amines is 1. The second kappa shape index (κ2) is 8.39. The molecule has 2 N–H and O–H groups in total. The number of likely N-dealkylation sites (tertiary alicyclic amines) is 1. The van der Waals surface area contributed by atoms with Crippen molar-refractivity contribution in [3.05, 3.63) is 71.9 Å². The summed E-state index contributed by atoms with van der Waals surface area (Å²) in [7, 11) is 0. The monoisotopic (exact) mass is 369 g/mol. The Kier molecular flexibility index (Phi) is 5.96. The van der Waals surface area contributed by atoms with E-state index in [1.807, 2.05) is 30.3 Å². The van der Waals surface area contributed by atoms with Crippen molar-refractivity contribution >= 4 is 29.2 Å². The van der Waals surface area contributed by atoms with Crippen molar-refractivity contribution in [2.24, 2.45) is 0 Å². The van der Waals surface area contributed by atoms with Gasteiger partial charge in [-0.25, -0.2) is 0 Å². The minimum absolute atomic E-state index is 0. The van der Waals surface area contributed by atoms with Gasteiger partial charge in [-0.2, -0.15) is 0 Å². The maximum atomic E-state index is 12.3. The second-order valence-electron chi connectivity index (χ2n) is 6.75. The van der Waals surface area contributed by atoms with E-state index in [9.17, 15) is 4.79 Å². The maximum absolute atomic E-state index is 12.3. The summed E-state index contributed by atoms with van der Waals surface area (Å²) in [5.74, 6) is 0.0377. The molecule has 0 radical (unpaired) electrons. The fourth-order valence-electron chi connectivity index (χ4n) is 3.60. The summed E-state index contributed by atoms with van der Waals surface area (Å²) in [5.41, 5.74) is 3.29. The van der Waals surface area contributed by atoms with Crippen LogP contribution in [0.5, 0.6) is 0 Å². The summed E-state index contributed by atoms with van der Waals surface area (Å²) in [4.78, 5) is 18.1. The molecule has 0 saturated carbocycles. The predicted molar refractivity (Wildman–Crippen MR) is 108 cm³/mol. The summed E-state index contributed by atoms with van der Waals surface area (Å²) >= 11 is 0. The van der Waals surface area contributed by atoms with E-state index in [2.05, 4.69) is 45.7 Å². The first-order valence-electron chi connectivity index (χ1n) is 8.93. The number of benzene rings is 2. The highest BCUT2D eigenvalue weighted by Gasteiger charge is 2.21. The largest absolute Gasteiger partial charge is 0.361 e. The van der Waals surface area contributed by atoms with Crippen LogP contribution >= 0.6 is 12.4 Å². The zero-order chi connectivity index (χ0) is 17.1. The molecule has 0 unspecified atom stereocenters. The summed E-state index contributed by atoms with van der Waals surface area (Å²) in [6.07, 6.45) is 4.12. The molecule has 1 fully saturated rings. The van der Waals surface area contributed by atoms with Crippen LogP contribution in [0.15, 0.2) is 60.8 Å². The van der Waals surface area contributed by atoms with E-state index in [1.54, 1.807) is 0 Å². The highest BCUT2D eigenvalue weighted by atomic mass is 35.5. The molecule has 0 spiro atoms. The smallest absolute Gasteiger partial charge is 0.251 e. The number of halogens is 1. The van der Waals surface area contributed by atoms with Gasteiger partial charge < -0.3 is 10.3 Å². The molecule has 26 heavy (non-hydrogen) atoms. The lowest BCUT2D eigenvalue weighted by Crippen LogP contribution is -2.44. The van der Waals surface area contributed by atoms with Crippen molar-refractivity contribution in [2.45, 2.75) is 25.4 Å². The molecular weight excluding hydrogens is 346 g/mol. The zero-order valence-electron chi connectivity index (χ0n) is 14.7. The molecule has 0 bridgehead atoms. The van der Waals surface area contributed by atoms with Crippen LogP contribution < -0.4 is 5.32 Å². The molecule has 4 rings (SSSR count). The van der Waals surface area contributed by atoms with E-state index >= 15 is 0 Å². The van der Waals surface area contributed by atoms with Gasteiger partial charge in [-0.05, 0) is 36.6 Å². The second-order valence-corrected chi connectivity index (χ2v) is 6.75. The van der Waals surface area contributed by atoms with Crippen molar-refractivity contribution in [2.75, 3.05) is 13.1 Å². The van der Waals surface area contributed by atoms with Crippen LogP contribution in [0.2, 0.25) is 0 Å². The Balaban J connectivity index is 0.00000196. The van der Waals surface area contributed by atoms with Gasteiger partial charge in [0.1, 0.15) is 0 Å². The standard InChI is InChI=1S/C21H23N3O.ClH/c25-21(16-6-2-1-3-7-16)23-18-10-12-24(13-11-18)15-17-14-22-20-9-5-4-8-19(17)20;/h1-9,14,18,22H,10-13,15H2,(H,23,25);1H. The van der Waals surface area contributed by atoms with Crippen LogP contribution in [0.4, 0.5) is 0 Å². The number of hydrogen-bond donors (Lipinski definition) is 2. The topological polar surface area (TPSA) is 48.1 Å². The van der Waals surface area contributed by atoms with Crippen LogP contribution in [0.25, 0.3) is 10.9 Å². The number of carbonyl (C=O) groups excluding carboxylic acids is 1. The van der Waals surface area contributed by atoms with Crippen molar-refractivity contribution in [3.63, 3.8) is 0 Å². The summed E-state index contributed by atoms with van der Waals surface area (Å²) < 4.78 is 0. The maximum Gasteiger partial charge on any atom is 0.251 e. The number of rotatable bonds is 4. The third-order valence-corrected chi connectivity index (χ3v) is 5.03. The molecule has 1 aliphatic heterocycles. The number of carbonyl (C=O) groups is 1. The quantitative estimate of drug-likeness (QED) is 0.730. The average molecular weight is 370 g/mol. The zero-order valence-corrected chi connectivity index (χ0v) is 15.5. The number of H-pyrrole nitrogens is 1. The van der Waals surface area contributed by atoms with E-state index < -0.39 is 0 Å². The number of para-hydroxylation sites is 1. The molecule has 1 amide bonds. The number of aromatic nitrogens is 1. The normalized spacial score (nSPS) is 15.5. The number of fused-ring (bicyclic) bond motifs is 1. The van der Waals surface area contributed by atoms with E-state index in [0.29, 0.717) is 0 Å². The number of nitrogens with one attached hydrogen (secondary N) is 2. The molecule has 136 valence electrons. The highest BCUT2D eigenvalue weighted by Crippen LogP contribution is 2.21. The van der Waals surface area contributed by atoms with Gasteiger partial charge in [-0.3, -0.25) is 9.69 Å². The van der Waals surface area contributed by atoms with Gasteiger partial charge in [-0.1, -0.05) is 36.4 Å². The minimum atomic E-state index is 0. The molecule has 1 aliphatic rings. The van der Waals surface area contributed by atoms with Crippen molar-refractivity contribution in [3.8, 4) is 0 Å². The van der Waals surface area contributed by atoms with Gasteiger partial charge in [0.25, 0.3) is 5.91 Å². The van der Waals surface area contributed by atoms with Crippen LogP contribution in [-0.2, 0) is 6.54 Å². The van der Waals surface area contributed by atoms with Crippen LogP contribution in [-0.4, -0.2) is 34.9 Å². The molecule has 1 aromatic heterocycles. The molecule has 0 aliphatic carbocycles. The molecule has 4 nitrogen and oxygen atoms in total.